The fourth-order valence-electron chi connectivity index (χ4n) is 5.07. The molecule has 1 saturated heterocycles. The SMILES string of the molecule is CCC1=N[C@@]2(CC[C@@H]3CN(Cc4ccccc4F)C[C@@H]32)C(=O)N1CC. The number of aliphatic imine (C=N–C) groups is 1. The van der Waals surface area contributed by atoms with Crippen molar-refractivity contribution in [1.29, 1.82) is 0 Å². The number of amides is 1. The van der Waals surface area contributed by atoms with Crippen LogP contribution in [0.4, 0.5) is 4.39 Å². The van der Waals surface area contributed by atoms with Crippen molar-refractivity contribution in [1.82, 2.24) is 9.80 Å². The average Bonchev–Trinajstić information content (AvgIpc) is 3.24. The van der Waals surface area contributed by atoms with Gasteiger partial charge in [-0.3, -0.25) is 19.6 Å². The summed E-state index contributed by atoms with van der Waals surface area (Å²) in [7, 11) is 0. The van der Waals surface area contributed by atoms with E-state index in [1.807, 2.05) is 24.0 Å². The first-order chi connectivity index (χ1) is 12.1. The molecule has 3 aliphatic rings. The Morgan fingerprint density at radius 2 is 2.08 bits per heavy atom. The van der Waals surface area contributed by atoms with E-state index in [1.165, 1.54) is 6.07 Å². The molecule has 4 rings (SSSR count). The van der Waals surface area contributed by atoms with E-state index >= 15 is 0 Å². The molecule has 0 bridgehead atoms. The van der Waals surface area contributed by atoms with Crippen LogP contribution in [0.5, 0.6) is 0 Å². The molecule has 5 heteroatoms. The van der Waals surface area contributed by atoms with E-state index in [1.54, 1.807) is 6.07 Å². The van der Waals surface area contributed by atoms with Gasteiger partial charge in [0, 0.05) is 44.1 Å². The van der Waals surface area contributed by atoms with Gasteiger partial charge in [-0.2, -0.15) is 0 Å². The maximum atomic E-state index is 14.0. The molecule has 4 nitrogen and oxygen atoms in total. The van der Waals surface area contributed by atoms with Crippen LogP contribution >= 0.6 is 0 Å². The van der Waals surface area contributed by atoms with Gasteiger partial charge in [0.25, 0.3) is 5.91 Å². The van der Waals surface area contributed by atoms with Gasteiger partial charge in [-0.25, -0.2) is 4.39 Å². The Morgan fingerprint density at radius 3 is 2.76 bits per heavy atom. The third kappa shape index (κ3) is 2.51. The number of carbonyl (C=O) groups excluding carboxylic acids is 1. The molecular formula is C20H26FN3O. The maximum Gasteiger partial charge on any atom is 0.256 e. The summed E-state index contributed by atoms with van der Waals surface area (Å²) in [6.45, 7) is 7.18. The normalized spacial score (nSPS) is 31.9. The quantitative estimate of drug-likeness (QED) is 0.842. The molecule has 0 unspecified atom stereocenters. The fraction of sp³-hybridized carbons (Fsp3) is 0.600. The van der Waals surface area contributed by atoms with Crippen LogP contribution < -0.4 is 0 Å². The van der Waals surface area contributed by atoms with Crippen LogP contribution in [0.3, 0.4) is 0 Å². The molecule has 0 aromatic heterocycles. The number of amidine groups is 1. The molecular weight excluding hydrogens is 317 g/mol. The molecule has 1 saturated carbocycles. The van der Waals surface area contributed by atoms with Crippen LogP contribution in [0.25, 0.3) is 0 Å². The van der Waals surface area contributed by atoms with Crippen LogP contribution in [0.15, 0.2) is 29.3 Å². The second-order valence-corrected chi connectivity index (χ2v) is 7.55. The van der Waals surface area contributed by atoms with Crippen LogP contribution in [-0.2, 0) is 11.3 Å². The van der Waals surface area contributed by atoms with Gasteiger partial charge in [-0.05, 0) is 31.7 Å². The molecule has 2 heterocycles. The molecule has 1 spiro atoms. The lowest BCUT2D eigenvalue weighted by molar-refractivity contribution is -0.132. The lowest BCUT2D eigenvalue weighted by Gasteiger charge is -2.28. The Morgan fingerprint density at radius 1 is 1.28 bits per heavy atom. The molecule has 2 aliphatic heterocycles. The third-order valence-electron chi connectivity index (χ3n) is 6.27. The van der Waals surface area contributed by atoms with Gasteiger partial charge in [0.2, 0.25) is 0 Å². The molecule has 3 atom stereocenters. The number of carbonyl (C=O) groups is 1. The van der Waals surface area contributed by atoms with E-state index in [2.05, 4.69) is 11.8 Å². The highest BCUT2D eigenvalue weighted by molar-refractivity contribution is 6.08. The Balaban J connectivity index is 1.55. The van der Waals surface area contributed by atoms with E-state index in [0.717, 1.165) is 43.8 Å². The summed E-state index contributed by atoms with van der Waals surface area (Å²) in [5.74, 6) is 1.77. The summed E-state index contributed by atoms with van der Waals surface area (Å²) in [4.78, 5) is 22.3. The Kier molecular flexibility index (Phi) is 4.14. The van der Waals surface area contributed by atoms with Gasteiger partial charge in [-0.1, -0.05) is 25.1 Å². The first kappa shape index (κ1) is 16.7. The Bertz CT molecular complexity index is 719. The Hall–Kier alpha value is -1.75. The maximum absolute atomic E-state index is 14.0. The number of likely N-dealkylation sites (N-methyl/N-ethyl adjacent to an activating group) is 1. The highest BCUT2D eigenvalue weighted by atomic mass is 19.1. The van der Waals surface area contributed by atoms with Crippen LogP contribution in [0, 0.1) is 17.7 Å². The van der Waals surface area contributed by atoms with Crippen molar-refractivity contribution in [3.63, 3.8) is 0 Å². The summed E-state index contributed by atoms with van der Waals surface area (Å²) < 4.78 is 14.0. The number of likely N-dealkylation sites (tertiary alicyclic amines) is 1. The van der Waals surface area contributed by atoms with E-state index in [-0.39, 0.29) is 17.6 Å². The van der Waals surface area contributed by atoms with E-state index in [4.69, 9.17) is 4.99 Å². The summed E-state index contributed by atoms with van der Waals surface area (Å²) in [5, 5.41) is 0. The van der Waals surface area contributed by atoms with Crippen LogP contribution in [0.1, 0.15) is 38.7 Å². The topological polar surface area (TPSA) is 35.9 Å². The van der Waals surface area contributed by atoms with E-state index in [0.29, 0.717) is 19.0 Å². The zero-order valence-corrected chi connectivity index (χ0v) is 15.0. The van der Waals surface area contributed by atoms with E-state index < -0.39 is 5.54 Å². The van der Waals surface area contributed by atoms with Crippen molar-refractivity contribution >= 4 is 11.7 Å². The highest BCUT2D eigenvalue weighted by Gasteiger charge is 2.60. The Labute approximate surface area is 148 Å². The van der Waals surface area contributed by atoms with Crippen molar-refractivity contribution in [2.45, 2.75) is 45.2 Å². The second kappa shape index (κ2) is 6.20. The number of rotatable bonds is 4. The number of nitrogens with zero attached hydrogens (tertiary/aromatic N) is 3. The zero-order chi connectivity index (χ0) is 17.6. The minimum Gasteiger partial charge on any atom is -0.299 e. The van der Waals surface area contributed by atoms with Gasteiger partial charge >= 0.3 is 0 Å². The lowest BCUT2D eigenvalue weighted by atomic mass is 9.85. The molecule has 25 heavy (non-hydrogen) atoms. The standard InChI is InChI=1S/C20H26FN3O/c1-3-18-22-20(19(25)24(18)4-2)10-9-14-11-23(13-16(14)20)12-15-7-5-6-8-17(15)21/h5-8,14,16H,3-4,9-13H2,1-2H3/t14-,16+,20-/m1/s1. The van der Waals surface area contributed by atoms with Gasteiger partial charge in [-0.15, -0.1) is 0 Å². The largest absolute Gasteiger partial charge is 0.299 e. The van der Waals surface area contributed by atoms with E-state index in [9.17, 15) is 9.18 Å². The zero-order valence-electron chi connectivity index (χ0n) is 15.0. The number of hydrogen-bond acceptors (Lipinski definition) is 3. The van der Waals surface area contributed by atoms with Crippen LogP contribution in [0.2, 0.25) is 0 Å². The van der Waals surface area contributed by atoms with Gasteiger partial charge in [0.1, 0.15) is 17.2 Å². The van der Waals surface area contributed by atoms with Crippen LogP contribution in [-0.4, -0.2) is 46.7 Å². The predicted octanol–water partition coefficient (Wildman–Crippen LogP) is 3.08. The minimum atomic E-state index is -0.546. The summed E-state index contributed by atoms with van der Waals surface area (Å²) in [6, 6.07) is 6.98. The molecule has 1 aromatic rings. The van der Waals surface area contributed by atoms with Gasteiger partial charge < -0.3 is 0 Å². The first-order valence-corrected chi connectivity index (χ1v) is 9.45. The monoisotopic (exact) mass is 343 g/mol. The van der Waals surface area contributed by atoms with Gasteiger partial charge in [0.15, 0.2) is 0 Å². The number of benzene rings is 1. The summed E-state index contributed by atoms with van der Waals surface area (Å²) >= 11 is 0. The molecule has 2 fully saturated rings. The van der Waals surface area contributed by atoms with Gasteiger partial charge in [0.05, 0.1) is 0 Å². The highest BCUT2D eigenvalue weighted by Crippen LogP contribution is 2.50. The predicted molar refractivity (Wildman–Crippen MR) is 95.7 cm³/mol. The van der Waals surface area contributed by atoms with Crippen molar-refractivity contribution in [2.75, 3.05) is 19.6 Å². The second-order valence-electron chi connectivity index (χ2n) is 7.55. The molecule has 1 aliphatic carbocycles. The number of halogens is 1. The summed E-state index contributed by atoms with van der Waals surface area (Å²) in [5.41, 5.74) is 0.193. The van der Waals surface area contributed by atoms with Crippen molar-refractivity contribution in [3.05, 3.63) is 35.6 Å². The fourth-order valence-corrected chi connectivity index (χ4v) is 5.07. The number of hydrogen-bond donors (Lipinski definition) is 0. The molecule has 0 radical (unpaired) electrons. The third-order valence-corrected chi connectivity index (χ3v) is 6.27. The average molecular weight is 343 g/mol. The molecule has 134 valence electrons. The number of fused-ring (bicyclic) bond motifs is 2. The lowest BCUT2D eigenvalue weighted by Crippen LogP contribution is -2.46. The molecule has 1 amide bonds. The molecule has 1 aromatic carbocycles. The minimum absolute atomic E-state index is 0.144. The van der Waals surface area contributed by atoms with Crippen molar-refractivity contribution in [3.8, 4) is 0 Å². The smallest absolute Gasteiger partial charge is 0.256 e. The summed E-state index contributed by atoms with van der Waals surface area (Å²) in [6.07, 6.45) is 2.72. The van der Waals surface area contributed by atoms with Crippen molar-refractivity contribution in [2.24, 2.45) is 16.8 Å². The first-order valence-electron chi connectivity index (χ1n) is 9.45. The molecule has 0 N–H and O–H groups in total. The van der Waals surface area contributed by atoms with Crippen molar-refractivity contribution < 1.29 is 9.18 Å².